The Labute approximate surface area is 96.1 Å². The molecule has 2 unspecified atom stereocenters. The molecule has 0 aliphatic heterocycles. The third-order valence-corrected chi connectivity index (χ3v) is 3.39. The second-order valence-electron chi connectivity index (χ2n) is 4.57. The summed E-state index contributed by atoms with van der Waals surface area (Å²) in [5, 5.41) is 20.6. The smallest absolute Gasteiger partial charge is 0.148 e. The third-order valence-electron chi connectivity index (χ3n) is 3.39. The molecular formula is C12H19N3O. The van der Waals surface area contributed by atoms with Crippen LogP contribution in [0.2, 0.25) is 0 Å². The maximum absolute atomic E-state index is 9.21. The number of anilines is 1. The van der Waals surface area contributed by atoms with Crippen LogP contribution in [0.25, 0.3) is 0 Å². The fraction of sp³-hybridized carbons (Fsp3) is 0.667. The van der Waals surface area contributed by atoms with E-state index in [9.17, 15) is 5.11 Å². The van der Waals surface area contributed by atoms with Gasteiger partial charge in [0.15, 0.2) is 0 Å². The zero-order valence-corrected chi connectivity index (χ0v) is 9.69. The molecule has 88 valence electrons. The van der Waals surface area contributed by atoms with Crippen LogP contribution in [0.3, 0.4) is 0 Å². The number of aliphatic hydroxyl groups is 1. The second-order valence-corrected chi connectivity index (χ2v) is 4.57. The van der Waals surface area contributed by atoms with Gasteiger partial charge in [0.25, 0.3) is 0 Å². The fourth-order valence-corrected chi connectivity index (χ4v) is 2.35. The molecule has 0 aromatic carbocycles. The molecule has 1 fully saturated rings. The number of nitrogens with zero attached hydrogens (tertiary/aromatic N) is 2. The summed E-state index contributed by atoms with van der Waals surface area (Å²) in [6, 6.07) is 3.90. The summed E-state index contributed by atoms with van der Waals surface area (Å²) in [4.78, 5) is 0. The lowest BCUT2D eigenvalue weighted by Crippen LogP contribution is -2.21. The van der Waals surface area contributed by atoms with Crippen molar-refractivity contribution < 1.29 is 5.11 Å². The van der Waals surface area contributed by atoms with E-state index in [1.807, 2.05) is 19.1 Å². The number of hydrogen-bond acceptors (Lipinski definition) is 4. The second kappa shape index (κ2) is 5.25. The predicted molar refractivity (Wildman–Crippen MR) is 63.2 cm³/mol. The molecule has 0 spiro atoms. The Balaban J connectivity index is 1.85. The monoisotopic (exact) mass is 221 g/mol. The zero-order valence-electron chi connectivity index (χ0n) is 9.69. The van der Waals surface area contributed by atoms with Crippen LogP contribution in [0, 0.1) is 18.8 Å². The van der Waals surface area contributed by atoms with Crippen molar-refractivity contribution in [3.05, 3.63) is 17.8 Å². The number of nitrogens with one attached hydrogen (secondary N) is 1. The van der Waals surface area contributed by atoms with Crippen molar-refractivity contribution in [2.75, 3.05) is 18.5 Å². The highest BCUT2D eigenvalue weighted by Crippen LogP contribution is 2.31. The van der Waals surface area contributed by atoms with Crippen LogP contribution in [-0.4, -0.2) is 28.5 Å². The van der Waals surface area contributed by atoms with Crippen LogP contribution in [0.15, 0.2) is 12.1 Å². The van der Waals surface area contributed by atoms with Gasteiger partial charge in [-0.3, -0.25) is 0 Å². The van der Waals surface area contributed by atoms with Gasteiger partial charge < -0.3 is 10.4 Å². The Morgan fingerprint density at radius 2 is 2.12 bits per heavy atom. The summed E-state index contributed by atoms with van der Waals surface area (Å²) in [5.74, 6) is 1.87. The summed E-state index contributed by atoms with van der Waals surface area (Å²) in [6.07, 6.45) is 3.59. The Bertz CT molecular complexity index is 326. The first-order valence-corrected chi connectivity index (χ1v) is 5.94. The number of aryl methyl sites for hydroxylation is 1. The Kier molecular flexibility index (Phi) is 3.72. The topological polar surface area (TPSA) is 58.0 Å². The molecule has 0 radical (unpaired) electrons. The van der Waals surface area contributed by atoms with Gasteiger partial charge in [0.2, 0.25) is 0 Å². The summed E-state index contributed by atoms with van der Waals surface area (Å²) in [5.41, 5.74) is 0.930. The molecule has 1 heterocycles. The van der Waals surface area contributed by atoms with E-state index < -0.39 is 0 Å². The lowest BCUT2D eigenvalue weighted by Gasteiger charge is -2.17. The van der Waals surface area contributed by atoms with E-state index in [4.69, 9.17) is 0 Å². The molecule has 2 rings (SSSR count). The highest BCUT2D eigenvalue weighted by atomic mass is 16.3. The molecule has 0 saturated heterocycles. The van der Waals surface area contributed by atoms with Gasteiger partial charge in [-0.2, -0.15) is 5.10 Å². The van der Waals surface area contributed by atoms with Gasteiger partial charge in [-0.15, -0.1) is 5.10 Å². The minimum atomic E-state index is 0.311. The molecule has 16 heavy (non-hydrogen) atoms. The average Bonchev–Trinajstić information content (AvgIpc) is 2.76. The predicted octanol–water partition coefficient (Wildman–Crippen LogP) is 1.61. The number of aliphatic hydroxyl groups excluding tert-OH is 1. The minimum absolute atomic E-state index is 0.311. The Morgan fingerprint density at radius 3 is 2.81 bits per heavy atom. The van der Waals surface area contributed by atoms with Crippen LogP contribution in [0.4, 0.5) is 5.82 Å². The van der Waals surface area contributed by atoms with Crippen LogP contribution in [0.5, 0.6) is 0 Å². The van der Waals surface area contributed by atoms with Crippen molar-refractivity contribution in [2.45, 2.75) is 26.2 Å². The van der Waals surface area contributed by atoms with Crippen molar-refractivity contribution in [1.82, 2.24) is 10.2 Å². The van der Waals surface area contributed by atoms with Crippen LogP contribution in [-0.2, 0) is 0 Å². The Hall–Kier alpha value is -1.16. The Morgan fingerprint density at radius 1 is 1.31 bits per heavy atom. The minimum Gasteiger partial charge on any atom is -0.396 e. The van der Waals surface area contributed by atoms with Crippen molar-refractivity contribution >= 4 is 5.82 Å². The van der Waals surface area contributed by atoms with E-state index >= 15 is 0 Å². The lowest BCUT2D eigenvalue weighted by molar-refractivity contribution is 0.199. The van der Waals surface area contributed by atoms with Crippen LogP contribution < -0.4 is 5.32 Å². The van der Waals surface area contributed by atoms with Gasteiger partial charge in [-0.1, -0.05) is 6.42 Å². The van der Waals surface area contributed by atoms with E-state index in [0.29, 0.717) is 18.4 Å². The molecule has 2 atom stereocenters. The van der Waals surface area contributed by atoms with Gasteiger partial charge >= 0.3 is 0 Å². The van der Waals surface area contributed by atoms with Crippen LogP contribution in [0.1, 0.15) is 25.0 Å². The molecule has 0 bridgehead atoms. The molecule has 4 heteroatoms. The fourth-order valence-electron chi connectivity index (χ4n) is 2.35. The summed E-state index contributed by atoms with van der Waals surface area (Å²) < 4.78 is 0. The molecule has 2 N–H and O–H groups in total. The van der Waals surface area contributed by atoms with Gasteiger partial charge in [0, 0.05) is 13.2 Å². The molecule has 1 saturated carbocycles. The molecule has 1 aromatic rings. The highest BCUT2D eigenvalue weighted by Gasteiger charge is 2.26. The normalized spacial score (nSPS) is 24.6. The van der Waals surface area contributed by atoms with E-state index in [0.717, 1.165) is 24.5 Å². The molecule has 1 aliphatic rings. The summed E-state index contributed by atoms with van der Waals surface area (Å²) in [6.45, 7) is 3.13. The molecule has 4 nitrogen and oxygen atoms in total. The molecular weight excluding hydrogens is 202 g/mol. The quantitative estimate of drug-likeness (QED) is 0.811. The number of hydrogen-bond donors (Lipinski definition) is 2. The first-order chi connectivity index (χ1) is 7.79. The SMILES string of the molecule is Cc1ccc(NCC2CCCC2CO)nn1. The van der Waals surface area contributed by atoms with E-state index in [1.54, 1.807) is 0 Å². The molecule has 1 aliphatic carbocycles. The number of aromatic nitrogens is 2. The van der Waals surface area contributed by atoms with Crippen LogP contribution >= 0.6 is 0 Å². The molecule has 1 aromatic heterocycles. The average molecular weight is 221 g/mol. The summed E-state index contributed by atoms with van der Waals surface area (Å²) in [7, 11) is 0. The van der Waals surface area contributed by atoms with E-state index in [1.165, 1.54) is 12.8 Å². The first kappa shape index (κ1) is 11.3. The molecule has 0 amide bonds. The van der Waals surface area contributed by atoms with E-state index in [2.05, 4.69) is 15.5 Å². The lowest BCUT2D eigenvalue weighted by atomic mass is 9.97. The van der Waals surface area contributed by atoms with Gasteiger partial charge in [0.1, 0.15) is 5.82 Å². The first-order valence-electron chi connectivity index (χ1n) is 5.94. The zero-order chi connectivity index (χ0) is 11.4. The maximum Gasteiger partial charge on any atom is 0.148 e. The van der Waals surface area contributed by atoms with Gasteiger partial charge in [-0.05, 0) is 43.7 Å². The van der Waals surface area contributed by atoms with Gasteiger partial charge in [0.05, 0.1) is 5.69 Å². The van der Waals surface area contributed by atoms with Crippen molar-refractivity contribution in [3.8, 4) is 0 Å². The van der Waals surface area contributed by atoms with Crippen molar-refractivity contribution in [1.29, 1.82) is 0 Å². The van der Waals surface area contributed by atoms with Crippen molar-refractivity contribution in [3.63, 3.8) is 0 Å². The highest BCUT2D eigenvalue weighted by molar-refractivity contribution is 5.32. The van der Waals surface area contributed by atoms with Crippen molar-refractivity contribution in [2.24, 2.45) is 11.8 Å². The maximum atomic E-state index is 9.21. The standard InChI is InChI=1S/C12H19N3O/c1-9-5-6-12(15-14-9)13-7-10-3-2-4-11(10)8-16/h5-6,10-11,16H,2-4,7-8H2,1H3,(H,13,15). The summed E-state index contributed by atoms with van der Waals surface area (Å²) >= 11 is 0. The van der Waals surface area contributed by atoms with E-state index in [-0.39, 0.29) is 0 Å². The number of rotatable bonds is 4. The van der Waals surface area contributed by atoms with Gasteiger partial charge in [-0.25, -0.2) is 0 Å². The largest absolute Gasteiger partial charge is 0.396 e. The third kappa shape index (κ3) is 2.70.